The van der Waals surface area contributed by atoms with Gasteiger partial charge in [0.1, 0.15) is 5.69 Å². The number of hydrogen-bond donors (Lipinski definition) is 1. The number of anilines is 1. The van der Waals surface area contributed by atoms with Crippen molar-refractivity contribution < 1.29 is 13.3 Å². The van der Waals surface area contributed by atoms with Crippen molar-refractivity contribution in [1.82, 2.24) is 4.31 Å². The summed E-state index contributed by atoms with van der Waals surface area (Å²) in [5.41, 5.74) is 4.90. The number of nitro groups is 1. The van der Waals surface area contributed by atoms with Gasteiger partial charge < -0.3 is 5.73 Å². The van der Waals surface area contributed by atoms with E-state index in [-0.39, 0.29) is 17.1 Å². The average molecular weight is 271 g/mol. The van der Waals surface area contributed by atoms with E-state index >= 15 is 0 Å². The molecule has 0 saturated carbocycles. The van der Waals surface area contributed by atoms with E-state index in [0.717, 1.165) is 10.4 Å². The maximum atomic E-state index is 12.0. The Morgan fingerprint density at radius 2 is 2.17 bits per heavy atom. The quantitative estimate of drug-likeness (QED) is 0.372. The molecule has 0 bridgehead atoms. The number of nitrogens with zero attached hydrogens (tertiary/aromatic N) is 2. The van der Waals surface area contributed by atoms with Gasteiger partial charge in [0.2, 0.25) is 10.0 Å². The maximum Gasteiger partial charge on any atom is 0.293 e. The van der Waals surface area contributed by atoms with Gasteiger partial charge in [-0.25, -0.2) is 8.42 Å². The van der Waals surface area contributed by atoms with E-state index in [9.17, 15) is 18.5 Å². The number of nitrogens with two attached hydrogens (primary N) is 1. The third kappa shape index (κ3) is 2.66. The van der Waals surface area contributed by atoms with Crippen LogP contribution < -0.4 is 5.73 Å². The Labute approximate surface area is 105 Å². The molecule has 0 atom stereocenters. The second kappa shape index (κ2) is 5.15. The van der Waals surface area contributed by atoms with Crippen molar-refractivity contribution in [2.45, 2.75) is 4.90 Å². The first kappa shape index (κ1) is 14.1. The lowest BCUT2D eigenvalue weighted by Crippen LogP contribution is -2.27. The second-order valence-electron chi connectivity index (χ2n) is 3.55. The number of nitro benzene ring substituents is 1. The largest absolute Gasteiger partial charge is 0.393 e. The summed E-state index contributed by atoms with van der Waals surface area (Å²) in [5, 5.41) is 10.7. The molecule has 1 aromatic rings. The molecule has 0 spiro atoms. The molecule has 0 aliphatic heterocycles. The number of nitrogen functional groups attached to an aromatic ring is 1. The highest BCUT2D eigenvalue weighted by Gasteiger charge is 2.23. The van der Waals surface area contributed by atoms with E-state index in [1.165, 1.54) is 25.3 Å². The van der Waals surface area contributed by atoms with Crippen molar-refractivity contribution in [2.24, 2.45) is 0 Å². The van der Waals surface area contributed by atoms with Crippen molar-refractivity contribution >= 4 is 21.4 Å². The first-order valence-corrected chi connectivity index (χ1v) is 6.36. The smallest absolute Gasteiger partial charge is 0.293 e. The molecule has 18 heavy (non-hydrogen) atoms. The Bertz CT molecular complexity index is 583. The van der Waals surface area contributed by atoms with E-state index in [1.807, 2.05) is 0 Å². The van der Waals surface area contributed by atoms with Gasteiger partial charge in [0.15, 0.2) is 0 Å². The summed E-state index contributed by atoms with van der Waals surface area (Å²) in [6.07, 6.45) is 1.42. The number of benzene rings is 1. The molecule has 0 unspecified atom stereocenters. The summed E-state index contributed by atoms with van der Waals surface area (Å²) < 4.78 is 25.1. The zero-order valence-electron chi connectivity index (χ0n) is 9.74. The van der Waals surface area contributed by atoms with E-state index in [0.29, 0.717) is 0 Å². The SMILES string of the molecule is C=CCN(C)S(=O)(=O)c1ccc(N)c([N+](=O)[O-])c1. The summed E-state index contributed by atoms with van der Waals surface area (Å²) in [6, 6.07) is 3.38. The van der Waals surface area contributed by atoms with E-state index in [2.05, 4.69) is 6.58 Å². The van der Waals surface area contributed by atoms with Crippen LogP contribution in [0.25, 0.3) is 0 Å². The van der Waals surface area contributed by atoms with E-state index in [1.54, 1.807) is 0 Å². The molecule has 1 aromatic carbocycles. The lowest BCUT2D eigenvalue weighted by Gasteiger charge is -2.15. The average Bonchev–Trinajstić information content (AvgIpc) is 2.29. The van der Waals surface area contributed by atoms with Crippen LogP contribution in [0.15, 0.2) is 35.7 Å². The number of sulfonamides is 1. The van der Waals surface area contributed by atoms with Crippen molar-refractivity contribution in [1.29, 1.82) is 0 Å². The summed E-state index contributed by atoms with van der Waals surface area (Å²) in [7, 11) is -2.41. The standard InChI is InChI=1S/C10H13N3O4S/c1-3-6-12(2)18(16,17)8-4-5-9(11)10(7-8)13(14)15/h3-5,7H,1,6,11H2,2H3. The van der Waals surface area contributed by atoms with Gasteiger partial charge in [0, 0.05) is 19.7 Å². The minimum absolute atomic E-state index is 0.0784. The van der Waals surface area contributed by atoms with Gasteiger partial charge >= 0.3 is 0 Å². The van der Waals surface area contributed by atoms with Gasteiger partial charge in [-0.2, -0.15) is 4.31 Å². The lowest BCUT2D eigenvalue weighted by atomic mass is 10.3. The summed E-state index contributed by atoms with van der Waals surface area (Å²) in [5.74, 6) is 0. The van der Waals surface area contributed by atoms with Crippen LogP contribution >= 0.6 is 0 Å². The van der Waals surface area contributed by atoms with Gasteiger partial charge in [-0.05, 0) is 12.1 Å². The van der Waals surface area contributed by atoms with Gasteiger partial charge in [-0.3, -0.25) is 10.1 Å². The van der Waals surface area contributed by atoms with Crippen LogP contribution in [0.2, 0.25) is 0 Å². The summed E-state index contributed by atoms with van der Waals surface area (Å²) in [6.45, 7) is 3.55. The molecule has 0 fully saturated rings. The Morgan fingerprint density at radius 3 is 2.67 bits per heavy atom. The zero-order valence-corrected chi connectivity index (χ0v) is 10.6. The first-order valence-electron chi connectivity index (χ1n) is 4.92. The molecule has 0 aliphatic carbocycles. The van der Waals surface area contributed by atoms with Crippen LogP contribution in [-0.2, 0) is 10.0 Å². The fraction of sp³-hybridized carbons (Fsp3) is 0.200. The van der Waals surface area contributed by atoms with E-state index in [4.69, 9.17) is 5.73 Å². The molecule has 0 amide bonds. The van der Waals surface area contributed by atoms with Crippen molar-refractivity contribution in [3.05, 3.63) is 41.0 Å². The van der Waals surface area contributed by atoms with Gasteiger partial charge in [0.05, 0.1) is 9.82 Å². The number of hydrogen-bond acceptors (Lipinski definition) is 5. The van der Waals surface area contributed by atoms with Crippen molar-refractivity contribution in [3.8, 4) is 0 Å². The Kier molecular flexibility index (Phi) is 4.04. The lowest BCUT2D eigenvalue weighted by molar-refractivity contribution is -0.384. The maximum absolute atomic E-state index is 12.0. The molecule has 0 aromatic heterocycles. The monoisotopic (exact) mass is 271 g/mol. The number of rotatable bonds is 5. The van der Waals surface area contributed by atoms with E-state index < -0.39 is 20.6 Å². The molecule has 0 heterocycles. The molecule has 0 aliphatic rings. The third-order valence-corrected chi connectivity index (χ3v) is 4.11. The zero-order chi connectivity index (χ0) is 13.9. The predicted octanol–water partition coefficient (Wildman–Crippen LogP) is 0.983. The molecule has 2 N–H and O–H groups in total. The molecule has 0 radical (unpaired) electrons. The fourth-order valence-electron chi connectivity index (χ4n) is 1.30. The first-order chi connectivity index (χ1) is 8.30. The van der Waals surface area contributed by atoms with Crippen LogP contribution in [0, 0.1) is 10.1 Å². The summed E-state index contributed by atoms with van der Waals surface area (Å²) >= 11 is 0. The Hall–Kier alpha value is -1.93. The fourth-order valence-corrected chi connectivity index (χ4v) is 2.46. The Balaban J connectivity index is 3.30. The van der Waals surface area contributed by atoms with Gasteiger partial charge in [-0.1, -0.05) is 6.08 Å². The minimum Gasteiger partial charge on any atom is -0.393 e. The minimum atomic E-state index is -3.77. The van der Waals surface area contributed by atoms with Crippen LogP contribution in [-0.4, -0.2) is 31.2 Å². The van der Waals surface area contributed by atoms with Crippen LogP contribution in [0.1, 0.15) is 0 Å². The molecule has 1 rings (SSSR count). The molecule has 7 nitrogen and oxygen atoms in total. The highest BCUT2D eigenvalue weighted by molar-refractivity contribution is 7.89. The molecule has 0 saturated heterocycles. The van der Waals surface area contributed by atoms with Crippen molar-refractivity contribution in [2.75, 3.05) is 19.3 Å². The molecular formula is C10H13N3O4S. The topological polar surface area (TPSA) is 107 Å². The van der Waals surface area contributed by atoms with Crippen LogP contribution in [0.3, 0.4) is 0 Å². The van der Waals surface area contributed by atoms with Crippen LogP contribution in [0.5, 0.6) is 0 Å². The van der Waals surface area contributed by atoms with Crippen LogP contribution in [0.4, 0.5) is 11.4 Å². The Morgan fingerprint density at radius 1 is 1.56 bits per heavy atom. The molecular weight excluding hydrogens is 258 g/mol. The third-order valence-electron chi connectivity index (χ3n) is 2.29. The number of likely N-dealkylation sites (N-methyl/N-ethyl adjacent to an activating group) is 1. The molecule has 98 valence electrons. The normalized spacial score (nSPS) is 11.4. The highest BCUT2D eigenvalue weighted by Crippen LogP contribution is 2.26. The van der Waals surface area contributed by atoms with Gasteiger partial charge in [-0.15, -0.1) is 6.58 Å². The van der Waals surface area contributed by atoms with Crippen molar-refractivity contribution in [3.63, 3.8) is 0 Å². The highest BCUT2D eigenvalue weighted by atomic mass is 32.2. The predicted molar refractivity (Wildman–Crippen MR) is 67.5 cm³/mol. The molecule has 8 heteroatoms. The summed E-state index contributed by atoms with van der Waals surface area (Å²) in [4.78, 5) is 9.80. The second-order valence-corrected chi connectivity index (χ2v) is 5.60. The van der Waals surface area contributed by atoms with Gasteiger partial charge in [0.25, 0.3) is 5.69 Å².